The molecule has 0 fully saturated rings. The second-order valence-corrected chi connectivity index (χ2v) is 4.90. The molecule has 0 saturated heterocycles. The van der Waals surface area contributed by atoms with E-state index in [9.17, 15) is 0 Å². The van der Waals surface area contributed by atoms with Gasteiger partial charge in [0.1, 0.15) is 0 Å². The first-order valence-corrected chi connectivity index (χ1v) is 6.50. The zero-order chi connectivity index (χ0) is 11.9. The summed E-state index contributed by atoms with van der Waals surface area (Å²) in [5.41, 5.74) is 1.64. The Morgan fingerprint density at radius 2 is 1.69 bits per heavy atom. The van der Waals surface area contributed by atoms with Crippen LogP contribution in [0, 0.1) is 0 Å². The summed E-state index contributed by atoms with van der Waals surface area (Å²) in [6.07, 6.45) is 11.4. The van der Waals surface area contributed by atoms with Gasteiger partial charge < -0.3 is 0 Å². The number of aromatic nitrogens is 2. The number of hydrogen-bond donors (Lipinski definition) is 0. The Hall–Kier alpha value is -0.920. The van der Waals surface area contributed by atoms with Gasteiger partial charge in [-0.15, -0.1) is 0 Å². The lowest BCUT2D eigenvalue weighted by molar-refractivity contribution is 0.373. The van der Waals surface area contributed by atoms with Crippen LogP contribution in [0.4, 0.5) is 0 Å². The molecular formula is C14H24N2. The summed E-state index contributed by atoms with van der Waals surface area (Å²) < 4.78 is 0. The third kappa shape index (κ3) is 3.58. The average Bonchev–Trinajstić information content (AvgIpc) is 2.35. The molecule has 0 aliphatic rings. The highest BCUT2D eigenvalue weighted by Gasteiger charge is 2.25. The Kier molecular flexibility index (Phi) is 5.44. The lowest BCUT2D eigenvalue weighted by Gasteiger charge is -2.29. The predicted molar refractivity (Wildman–Crippen MR) is 68.4 cm³/mol. The lowest BCUT2D eigenvalue weighted by Crippen LogP contribution is -2.22. The van der Waals surface area contributed by atoms with Crippen LogP contribution in [0.2, 0.25) is 0 Å². The van der Waals surface area contributed by atoms with Crippen molar-refractivity contribution in [1.29, 1.82) is 0 Å². The predicted octanol–water partition coefficient (Wildman–Crippen LogP) is 4.11. The number of nitrogens with zero attached hydrogens (tertiary/aromatic N) is 2. The zero-order valence-corrected chi connectivity index (χ0v) is 10.9. The van der Waals surface area contributed by atoms with E-state index in [0.29, 0.717) is 5.41 Å². The highest BCUT2D eigenvalue weighted by atomic mass is 15.1. The van der Waals surface area contributed by atoms with Crippen LogP contribution in [-0.2, 0) is 5.41 Å². The molecule has 16 heavy (non-hydrogen) atoms. The summed E-state index contributed by atoms with van der Waals surface area (Å²) in [5.74, 6) is 0. The van der Waals surface area contributed by atoms with E-state index in [1.165, 1.54) is 44.1 Å². The maximum absolute atomic E-state index is 4.02. The number of hydrogen-bond acceptors (Lipinski definition) is 2. The fourth-order valence-corrected chi connectivity index (χ4v) is 2.20. The molecular weight excluding hydrogens is 196 g/mol. The van der Waals surface area contributed by atoms with Gasteiger partial charge in [0.05, 0.1) is 6.20 Å². The van der Waals surface area contributed by atoms with E-state index >= 15 is 0 Å². The van der Waals surface area contributed by atoms with E-state index in [-0.39, 0.29) is 0 Å². The normalized spacial score (nSPS) is 11.7. The van der Waals surface area contributed by atoms with Crippen LogP contribution in [0.25, 0.3) is 0 Å². The molecule has 1 aromatic heterocycles. The molecule has 2 heteroatoms. The van der Waals surface area contributed by atoms with Crippen molar-refractivity contribution in [2.24, 2.45) is 0 Å². The molecule has 0 unspecified atom stereocenters. The van der Waals surface area contributed by atoms with Gasteiger partial charge in [0.2, 0.25) is 0 Å². The minimum atomic E-state index is 0.294. The van der Waals surface area contributed by atoms with E-state index in [0.717, 1.165) is 0 Å². The summed E-state index contributed by atoms with van der Waals surface area (Å²) >= 11 is 0. The van der Waals surface area contributed by atoms with Crippen molar-refractivity contribution in [3.63, 3.8) is 0 Å². The molecule has 2 nitrogen and oxygen atoms in total. The second kappa shape index (κ2) is 6.62. The first kappa shape index (κ1) is 13.1. The zero-order valence-electron chi connectivity index (χ0n) is 10.9. The molecule has 1 heterocycles. The van der Waals surface area contributed by atoms with Gasteiger partial charge in [0.15, 0.2) is 0 Å². The van der Waals surface area contributed by atoms with Gasteiger partial charge in [-0.1, -0.05) is 46.5 Å². The average molecular weight is 220 g/mol. The molecule has 0 spiro atoms. The standard InChI is InChI=1S/C14H24N2/c1-4-6-9-14(3,10-7-5-2)13-8-11-15-16-12-13/h8,11-12H,4-7,9-10H2,1-3H3. The Bertz CT molecular complexity index is 274. The molecule has 0 N–H and O–H groups in total. The van der Waals surface area contributed by atoms with Crippen molar-refractivity contribution in [2.75, 3.05) is 0 Å². The molecule has 0 atom stereocenters. The molecule has 90 valence electrons. The van der Waals surface area contributed by atoms with Crippen molar-refractivity contribution in [2.45, 2.75) is 64.7 Å². The van der Waals surface area contributed by atoms with Gasteiger partial charge >= 0.3 is 0 Å². The van der Waals surface area contributed by atoms with Gasteiger partial charge in [0.25, 0.3) is 0 Å². The molecule has 1 rings (SSSR count). The molecule has 0 aliphatic heterocycles. The minimum absolute atomic E-state index is 0.294. The molecule has 0 aliphatic carbocycles. The Morgan fingerprint density at radius 3 is 2.12 bits per heavy atom. The largest absolute Gasteiger partial charge is 0.159 e. The molecule has 0 amide bonds. The van der Waals surface area contributed by atoms with Crippen LogP contribution < -0.4 is 0 Å². The van der Waals surface area contributed by atoms with Crippen molar-refractivity contribution in [1.82, 2.24) is 10.2 Å². The van der Waals surface area contributed by atoms with Crippen LogP contribution >= 0.6 is 0 Å². The maximum atomic E-state index is 4.02. The monoisotopic (exact) mass is 220 g/mol. The first-order chi connectivity index (χ1) is 7.73. The van der Waals surface area contributed by atoms with Gasteiger partial charge in [-0.2, -0.15) is 10.2 Å². The highest BCUT2D eigenvalue weighted by molar-refractivity contribution is 5.18. The van der Waals surface area contributed by atoms with E-state index in [1.54, 1.807) is 0 Å². The van der Waals surface area contributed by atoms with Gasteiger partial charge in [-0.25, -0.2) is 0 Å². The van der Waals surface area contributed by atoms with Crippen LogP contribution in [0.15, 0.2) is 18.5 Å². The second-order valence-electron chi connectivity index (χ2n) is 4.90. The topological polar surface area (TPSA) is 25.8 Å². The quantitative estimate of drug-likeness (QED) is 0.691. The number of unbranched alkanes of at least 4 members (excludes halogenated alkanes) is 2. The Balaban J connectivity index is 2.77. The van der Waals surface area contributed by atoms with Crippen LogP contribution in [0.5, 0.6) is 0 Å². The third-order valence-electron chi connectivity index (χ3n) is 3.45. The smallest absolute Gasteiger partial charge is 0.0533 e. The molecule has 0 radical (unpaired) electrons. The van der Waals surface area contributed by atoms with Crippen molar-refractivity contribution in [3.05, 3.63) is 24.0 Å². The summed E-state index contributed by atoms with van der Waals surface area (Å²) in [5, 5.41) is 7.89. The fraction of sp³-hybridized carbons (Fsp3) is 0.714. The van der Waals surface area contributed by atoms with E-state index < -0.39 is 0 Å². The molecule has 0 saturated carbocycles. The Morgan fingerprint density at radius 1 is 1.06 bits per heavy atom. The summed E-state index contributed by atoms with van der Waals surface area (Å²) in [4.78, 5) is 0. The minimum Gasteiger partial charge on any atom is -0.159 e. The summed E-state index contributed by atoms with van der Waals surface area (Å²) in [6.45, 7) is 6.88. The lowest BCUT2D eigenvalue weighted by atomic mass is 9.75. The first-order valence-electron chi connectivity index (χ1n) is 6.50. The Labute approximate surface area is 99.5 Å². The highest BCUT2D eigenvalue weighted by Crippen LogP contribution is 2.34. The van der Waals surface area contributed by atoms with Crippen molar-refractivity contribution in [3.8, 4) is 0 Å². The van der Waals surface area contributed by atoms with Gasteiger partial charge in [-0.3, -0.25) is 0 Å². The van der Waals surface area contributed by atoms with Crippen LogP contribution in [0.3, 0.4) is 0 Å². The molecule has 0 aromatic carbocycles. The van der Waals surface area contributed by atoms with E-state index in [1.807, 2.05) is 12.4 Å². The van der Waals surface area contributed by atoms with Gasteiger partial charge in [0, 0.05) is 6.20 Å². The summed E-state index contributed by atoms with van der Waals surface area (Å²) in [6, 6.07) is 2.12. The van der Waals surface area contributed by atoms with Crippen LogP contribution in [-0.4, -0.2) is 10.2 Å². The van der Waals surface area contributed by atoms with Crippen molar-refractivity contribution < 1.29 is 0 Å². The maximum Gasteiger partial charge on any atom is 0.0533 e. The number of rotatable bonds is 7. The SMILES string of the molecule is CCCCC(C)(CCCC)c1ccnnc1. The van der Waals surface area contributed by atoms with Crippen LogP contribution in [0.1, 0.15) is 64.9 Å². The van der Waals surface area contributed by atoms with Gasteiger partial charge in [-0.05, 0) is 29.9 Å². The molecule has 0 bridgehead atoms. The fourth-order valence-electron chi connectivity index (χ4n) is 2.20. The van der Waals surface area contributed by atoms with E-state index in [4.69, 9.17) is 0 Å². The molecule has 1 aromatic rings. The summed E-state index contributed by atoms with van der Waals surface area (Å²) in [7, 11) is 0. The van der Waals surface area contributed by atoms with E-state index in [2.05, 4.69) is 37.0 Å². The van der Waals surface area contributed by atoms with Crippen molar-refractivity contribution >= 4 is 0 Å². The third-order valence-corrected chi connectivity index (χ3v) is 3.45.